The van der Waals surface area contributed by atoms with Gasteiger partial charge in [-0.25, -0.2) is 0 Å². The van der Waals surface area contributed by atoms with Gasteiger partial charge in [-0.2, -0.15) is 0 Å². The number of anilines is 6. The second-order valence-corrected chi connectivity index (χ2v) is 24.1. The lowest BCUT2D eigenvalue weighted by Gasteiger charge is -2.46. The first kappa shape index (κ1) is 54.8. The van der Waals surface area contributed by atoms with Gasteiger partial charge in [0.05, 0.1) is 22.4 Å². The molecule has 1 aromatic heterocycles. The molecule has 422 valence electrons. The van der Waals surface area contributed by atoms with E-state index in [-0.39, 0.29) is 6.71 Å². The Bertz CT molecular complexity index is 4230. The summed E-state index contributed by atoms with van der Waals surface area (Å²) < 4.78 is 2.58. The van der Waals surface area contributed by atoms with Crippen LogP contribution in [0.15, 0.2) is 243 Å². The molecular formula is C82H76BN3. The molecule has 86 heavy (non-hydrogen) atoms. The van der Waals surface area contributed by atoms with Crippen molar-refractivity contribution in [3.63, 3.8) is 0 Å². The Labute approximate surface area is 510 Å². The highest BCUT2D eigenvalue weighted by Crippen LogP contribution is 2.53. The predicted molar refractivity (Wildman–Crippen MR) is 371 cm³/mol. The molecule has 0 atom stereocenters. The van der Waals surface area contributed by atoms with Crippen molar-refractivity contribution < 1.29 is 0 Å². The summed E-state index contributed by atoms with van der Waals surface area (Å²) in [6.45, 7) is 9.17. The fourth-order valence-electron chi connectivity index (χ4n) is 14.2. The van der Waals surface area contributed by atoms with Crippen molar-refractivity contribution in [3.05, 3.63) is 265 Å². The van der Waals surface area contributed by atoms with Gasteiger partial charge in [0.25, 0.3) is 6.71 Å². The van der Waals surface area contributed by atoms with E-state index in [2.05, 4.69) is 285 Å². The standard InChI is InChI=1S/C82H76BN3/c1-5-9-27-57-44-49-74-70(51-57)71-52-58(28-10-6-2)45-50-75(71)84(74)65-46-48-73-77(56-65)86(82-68(63-35-21-15-22-36-63)41-26-42-69(82)64-37-23-16-24-38-64)79-55-60(30-12-8-4)54-78-80(79)83(73)72-47-43-59(29-11-7-3)53-76(72)85(78)81-66(61-31-17-13-18-32-61)39-25-40-67(81)62-33-19-14-20-34-62/h13-26,31-56H,5-12,27-30H2,1-4H3. The number of hydrogen-bond donors (Lipinski definition) is 0. The number of hydrogen-bond acceptors (Lipinski definition) is 2. The van der Waals surface area contributed by atoms with Crippen molar-refractivity contribution in [1.29, 1.82) is 0 Å². The molecular weight excluding hydrogens is 1040 g/mol. The highest BCUT2D eigenvalue weighted by Gasteiger charge is 2.45. The second-order valence-electron chi connectivity index (χ2n) is 24.1. The summed E-state index contributed by atoms with van der Waals surface area (Å²) in [5.74, 6) is 0. The maximum Gasteiger partial charge on any atom is 0.252 e. The van der Waals surface area contributed by atoms with Gasteiger partial charge in [0.15, 0.2) is 0 Å². The molecule has 0 unspecified atom stereocenters. The molecule has 2 aliphatic heterocycles. The number of fused-ring (bicyclic) bond motifs is 7. The first-order valence-electron chi connectivity index (χ1n) is 32.1. The number of unbranched alkanes of at least 4 members (excludes halogenated alkanes) is 4. The average Bonchev–Trinajstić information content (AvgIpc) is 0.820. The molecule has 0 saturated carbocycles. The van der Waals surface area contributed by atoms with Crippen molar-refractivity contribution >= 4 is 79.0 Å². The normalized spacial score (nSPS) is 12.4. The Morgan fingerprint density at radius 1 is 0.302 bits per heavy atom. The van der Waals surface area contributed by atoms with Gasteiger partial charge < -0.3 is 14.4 Å². The number of para-hydroxylation sites is 2. The molecule has 3 heterocycles. The number of aryl methyl sites for hydroxylation is 4. The molecule has 0 bridgehead atoms. The Morgan fingerprint density at radius 2 is 0.651 bits per heavy atom. The van der Waals surface area contributed by atoms with Crippen molar-refractivity contribution in [1.82, 2.24) is 4.57 Å². The molecule has 14 rings (SSSR count). The van der Waals surface area contributed by atoms with E-state index in [1.807, 2.05) is 0 Å². The molecule has 0 amide bonds. The number of benzene rings is 11. The molecule has 12 aromatic rings. The van der Waals surface area contributed by atoms with E-state index >= 15 is 0 Å². The van der Waals surface area contributed by atoms with Crippen LogP contribution in [0.3, 0.4) is 0 Å². The van der Waals surface area contributed by atoms with E-state index in [0.717, 1.165) is 57.1 Å². The third-order valence-electron chi connectivity index (χ3n) is 18.5. The van der Waals surface area contributed by atoms with Gasteiger partial charge in [0.2, 0.25) is 0 Å². The van der Waals surface area contributed by atoms with Crippen molar-refractivity contribution in [3.8, 4) is 50.2 Å². The molecule has 0 fully saturated rings. The predicted octanol–water partition coefficient (Wildman–Crippen LogP) is 20.9. The van der Waals surface area contributed by atoms with E-state index < -0.39 is 0 Å². The third kappa shape index (κ3) is 9.93. The third-order valence-corrected chi connectivity index (χ3v) is 18.5. The van der Waals surface area contributed by atoms with Crippen LogP contribution in [0.5, 0.6) is 0 Å². The van der Waals surface area contributed by atoms with Gasteiger partial charge in [-0.05, 0) is 167 Å². The van der Waals surface area contributed by atoms with Crippen LogP contribution in [-0.4, -0.2) is 11.3 Å². The molecule has 0 saturated heterocycles. The Morgan fingerprint density at radius 3 is 1.06 bits per heavy atom. The van der Waals surface area contributed by atoms with Crippen LogP contribution < -0.4 is 26.2 Å². The van der Waals surface area contributed by atoms with Gasteiger partial charge >= 0.3 is 0 Å². The van der Waals surface area contributed by atoms with Crippen molar-refractivity contribution in [2.24, 2.45) is 0 Å². The van der Waals surface area contributed by atoms with Crippen LogP contribution >= 0.6 is 0 Å². The minimum atomic E-state index is -0.0828. The number of rotatable bonds is 19. The van der Waals surface area contributed by atoms with Crippen molar-refractivity contribution in [2.75, 3.05) is 9.80 Å². The largest absolute Gasteiger partial charge is 0.310 e. The van der Waals surface area contributed by atoms with Crippen molar-refractivity contribution in [2.45, 2.75) is 105 Å². The minimum absolute atomic E-state index is 0.0828. The first-order valence-corrected chi connectivity index (χ1v) is 32.1. The summed E-state index contributed by atoms with van der Waals surface area (Å²) in [6.07, 6.45) is 13.3. The Hall–Kier alpha value is -9.12. The fourth-order valence-corrected chi connectivity index (χ4v) is 14.2. The van der Waals surface area contributed by atoms with E-state index in [9.17, 15) is 0 Å². The lowest BCUT2D eigenvalue weighted by atomic mass is 9.33. The number of nitrogens with zero attached hydrogens (tertiary/aromatic N) is 3. The first-order chi connectivity index (χ1) is 42.5. The van der Waals surface area contributed by atoms with Crippen LogP contribution in [0, 0.1) is 0 Å². The van der Waals surface area contributed by atoms with Crippen LogP contribution in [0.4, 0.5) is 34.1 Å². The number of aromatic nitrogens is 1. The molecule has 0 radical (unpaired) electrons. The van der Waals surface area contributed by atoms with Gasteiger partial charge in [0, 0.05) is 61.5 Å². The molecule has 11 aromatic carbocycles. The summed E-state index contributed by atoms with van der Waals surface area (Å²) in [7, 11) is 0. The quantitative estimate of drug-likeness (QED) is 0.0748. The minimum Gasteiger partial charge on any atom is -0.310 e. The van der Waals surface area contributed by atoms with E-state index in [1.54, 1.807) is 0 Å². The monoisotopic (exact) mass is 1110 g/mol. The van der Waals surface area contributed by atoms with Crippen LogP contribution in [0.25, 0.3) is 72.0 Å². The zero-order valence-corrected chi connectivity index (χ0v) is 50.5. The molecule has 0 aliphatic carbocycles. The van der Waals surface area contributed by atoms with Gasteiger partial charge in [-0.3, -0.25) is 0 Å². The van der Waals surface area contributed by atoms with Crippen LogP contribution in [0.1, 0.15) is 101 Å². The SMILES string of the molecule is CCCCc1ccc2c(c1)N(c1c(-c3ccccc3)cccc1-c1ccccc1)c1cc(CCCC)cc3c1B2c1ccc(-n2c4ccc(CCCC)cc4c4cc(CCCC)ccc42)cc1N3c1c(-c2ccccc2)cccc1-c1ccccc1. The van der Waals surface area contributed by atoms with E-state index in [1.165, 1.54) is 165 Å². The molecule has 2 aliphatic rings. The lowest BCUT2D eigenvalue weighted by Crippen LogP contribution is -2.61. The summed E-state index contributed by atoms with van der Waals surface area (Å²) in [5.41, 5.74) is 30.1. The summed E-state index contributed by atoms with van der Waals surface area (Å²) in [6, 6.07) is 93.4. The van der Waals surface area contributed by atoms with Gasteiger partial charge in [-0.1, -0.05) is 241 Å². The molecule has 0 spiro atoms. The highest BCUT2D eigenvalue weighted by molar-refractivity contribution is 7.00. The average molecular weight is 1110 g/mol. The maximum absolute atomic E-state index is 2.73. The Kier molecular flexibility index (Phi) is 15.4. The topological polar surface area (TPSA) is 11.4 Å². The highest BCUT2D eigenvalue weighted by atomic mass is 15.2. The van der Waals surface area contributed by atoms with E-state index in [4.69, 9.17) is 0 Å². The zero-order chi connectivity index (χ0) is 58.1. The van der Waals surface area contributed by atoms with Crippen LogP contribution in [0.2, 0.25) is 0 Å². The molecule has 0 N–H and O–H groups in total. The van der Waals surface area contributed by atoms with Crippen LogP contribution in [-0.2, 0) is 25.7 Å². The fraction of sp³-hybridized carbons (Fsp3) is 0.195. The zero-order valence-electron chi connectivity index (χ0n) is 50.5. The molecule has 3 nitrogen and oxygen atoms in total. The summed E-state index contributed by atoms with van der Waals surface area (Å²) in [5, 5.41) is 2.67. The molecule has 4 heteroatoms. The second kappa shape index (κ2) is 24.1. The van der Waals surface area contributed by atoms with Gasteiger partial charge in [-0.15, -0.1) is 0 Å². The summed E-state index contributed by atoms with van der Waals surface area (Å²) in [4.78, 5) is 5.45. The smallest absolute Gasteiger partial charge is 0.252 e. The van der Waals surface area contributed by atoms with E-state index in [0.29, 0.717) is 0 Å². The lowest BCUT2D eigenvalue weighted by molar-refractivity contribution is 0.794. The summed E-state index contributed by atoms with van der Waals surface area (Å²) >= 11 is 0. The Balaban J connectivity index is 1.12. The maximum atomic E-state index is 2.73. The van der Waals surface area contributed by atoms with Gasteiger partial charge in [0.1, 0.15) is 0 Å².